The van der Waals surface area contributed by atoms with Crippen molar-refractivity contribution in [3.05, 3.63) is 76.8 Å². The van der Waals surface area contributed by atoms with E-state index in [9.17, 15) is 4.79 Å². The second kappa shape index (κ2) is 9.90. The average molecular weight is 492 g/mol. The van der Waals surface area contributed by atoms with Gasteiger partial charge in [0.1, 0.15) is 11.5 Å². The third kappa shape index (κ3) is 4.95. The fourth-order valence-corrected chi connectivity index (χ4v) is 4.83. The van der Waals surface area contributed by atoms with Crippen molar-refractivity contribution >= 4 is 46.5 Å². The minimum absolute atomic E-state index is 0.185. The summed E-state index contributed by atoms with van der Waals surface area (Å²) in [5, 5.41) is 14.3. The minimum Gasteiger partial charge on any atom is -0.306 e. The predicted molar refractivity (Wildman–Crippen MR) is 133 cm³/mol. The van der Waals surface area contributed by atoms with E-state index in [2.05, 4.69) is 54.3 Å². The summed E-state index contributed by atoms with van der Waals surface area (Å²) in [5.41, 5.74) is 5.96. The highest BCUT2D eigenvalue weighted by molar-refractivity contribution is 7.99. The van der Waals surface area contributed by atoms with Gasteiger partial charge in [-0.2, -0.15) is 5.10 Å². The van der Waals surface area contributed by atoms with Crippen molar-refractivity contribution in [2.45, 2.75) is 36.9 Å². The van der Waals surface area contributed by atoms with Gasteiger partial charge in [0.15, 0.2) is 5.16 Å². The van der Waals surface area contributed by atoms with E-state index in [0.29, 0.717) is 17.5 Å². The van der Waals surface area contributed by atoms with Gasteiger partial charge in [-0.05, 0) is 49.1 Å². The predicted octanol–water partition coefficient (Wildman–Crippen LogP) is 4.41. The van der Waals surface area contributed by atoms with Gasteiger partial charge in [-0.3, -0.25) is 9.78 Å². The van der Waals surface area contributed by atoms with E-state index in [0.717, 1.165) is 40.0 Å². The third-order valence-corrected chi connectivity index (χ3v) is 6.89. The lowest BCUT2D eigenvalue weighted by Crippen LogP contribution is -2.20. The smallest absolute Gasteiger partial charge is 0.250 e. The number of nitrogens with one attached hydrogen (secondary N) is 1. The van der Waals surface area contributed by atoms with E-state index in [1.54, 1.807) is 6.20 Å². The van der Waals surface area contributed by atoms with Crippen LogP contribution in [0.5, 0.6) is 0 Å². The van der Waals surface area contributed by atoms with Crippen LogP contribution in [0, 0.1) is 0 Å². The Bertz CT molecular complexity index is 1360. The number of halogens is 1. The Balaban J connectivity index is 1.16. The number of fused-ring (bicyclic) bond motifs is 1. The van der Waals surface area contributed by atoms with Gasteiger partial charge in [-0.25, -0.2) is 10.4 Å². The Morgan fingerprint density at radius 3 is 2.76 bits per heavy atom. The molecule has 1 aliphatic rings. The molecular formula is C24H22ClN7OS. The van der Waals surface area contributed by atoms with Crippen molar-refractivity contribution in [1.29, 1.82) is 0 Å². The first kappa shape index (κ1) is 22.5. The Hall–Kier alpha value is -3.30. The zero-order valence-corrected chi connectivity index (χ0v) is 20.0. The molecule has 2 aromatic heterocycles. The van der Waals surface area contributed by atoms with Crippen LogP contribution in [0.4, 0.5) is 0 Å². The quantitative estimate of drug-likeness (QED) is 0.223. The first-order valence-electron chi connectivity index (χ1n) is 11.0. The van der Waals surface area contributed by atoms with E-state index in [1.807, 2.05) is 36.4 Å². The largest absolute Gasteiger partial charge is 0.306 e. The molecule has 0 saturated heterocycles. The van der Waals surface area contributed by atoms with Crippen LogP contribution in [0.15, 0.2) is 65.0 Å². The maximum Gasteiger partial charge on any atom is 0.250 e. The van der Waals surface area contributed by atoms with Crippen LogP contribution in [0.2, 0.25) is 5.02 Å². The maximum atomic E-state index is 12.3. The number of hydrogen-bond acceptors (Lipinski definition) is 7. The van der Waals surface area contributed by atoms with E-state index in [-0.39, 0.29) is 11.7 Å². The first-order valence-corrected chi connectivity index (χ1v) is 12.3. The molecule has 0 unspecified atom stereocenters. The fraction of sp³-hybridized carbons (Fsp3) is 0.250. The molecule has 0 bridgehead atoms. The van der Waals surface area contributed by atoms with E-state index < -0.39 is 0 Å². The number of benzene rings is 2. The van der Waals surface area contributed by atoms with E-state index in [4.69, 9.17) is 11.6 Å². The molecule has 1 aliphatic carbocycles. The molecule has 8 nitrogen and oxygen atoms in total. The van der Waals surface area contributed by atoms with Gasteiger partial charge < -0.3 is 4.57 Å². The van der Waals surface area contributed by atoms with Crippen LogP contribution < -0.4 is 5.43 Å². The first-order chi connectivity index (χ1) is 16.6. The highest BCUT2D eigenvalue weighted by atomic mass is 35.5. The van der Waals surface area contributed by atoms with Crippen LogP contribution in [0.25, 0.3) is 11.0 Å². The summed E-state index contributed by atoms with van der Waals surface area (Å²) in [6.45, 7) is 2.81. The van der Waals surface area contributed by atoms with Crippen molar-refractivity contribution in [3.63, 3.8) is 0 Å². The van der Waals surface area contributed by atoms with Crippen molar-refractivity contribution < 1.29 is 4.79 Å². The molecular weight excluding hydrogens is 470 g/mol. The number of thioether (sulfide) groups is 1. The van der Waals surface area contributed by atoms with Gasteiger partial charge in [0.05, 0.1) is 29.2 Å². The van der Waals surface area contributed by atoms with Crippen LogP contribution in [0.3, 0.4) is 0 Å². The molecule has 2 atom stereocenters. The normalized spacial score (nSPS) is 17.4. The summed E-state index contributed by atoms with van der Waals surface area (Å²) < 4.78 is 2.09. The number of carbonyl (C=O) groups is 1. The van der Waals surface area contributed by atoms with Gasteiger partial charge in [0, 0.05) is 17.5 Å². The summed E-state index contributed by atoms with van der Waals surface area (Å²) >= 11 is 7.36. The summed E-state index contributed by atoms with van der Waals surface area (Å²) in [7, 11) is 0. The van der Waals surface area contributed by atoms with Crippen LogP contribution in [0.1, 0.15) is 42.3 Å². The molecule has 0 radical (unpaired) electrons. The molecule has 1 N–H and O–H groups in total. The molecule has 1 amide bonds. The molecule has 5 rings (SSSR count). The van der Waals surface area contributed by atoms with Crippen molar-refractivity contribution in [1.82, 2.24) is 30.2 Å². The maximum absolute atomic E-state index is 12.3. The van der Waals surface area contributed by atoms with Gasteiger partial charge in [0.2, 0.25) is 0 Å². The van der Waals surface area contributed by atoms with Crippen LogP contribution in [-0.4, -0.2) is 42.6 Å². The van der Waals surface area contributed by atoms with Gasteiger partial charge >= 0.3 is 0 Å². The SMILES string of the molecule is CCn1c(SCC(=O)N/N=C\c2cnc3ccccc3n2)nnc1[C@H]1C[C@H]1c1ccc(Cl)cc1. The second-order valence-electron chi connectivity index (χ2n) is 7.95. The van der Waals surface area contributed by atoms with Gasteiger partial charge in [0.25, 0.3) is 5.91 Å². The average Bonchev–Trinajstić information content (AvgIpc) is 3.54. The lowest BCUT2D eigenvalue weighted by atomic mass is 10.1. The number of aromatic nitrogens is 5. The number of nitrogens with zero attached hydrogens (tertiary/aromatic N) is 6. The highest BCUT2D eigenvalue weighted by Gasteiger charge is 2.43. The number of carbonyl (C=O) groups excluding carboxylic acids is 1. The molecule has 2 heterocycles. The Morgan fingerprint density at radius 2 is 1.97 bits per heavy atom. The molecule has 1 fully saturated rings. The number of rotatable bonds is 8. The molecule has 4 aromatic rings. The molecule has 0 spiro atoms. The van der Waals surface area contributed by atoms with Crippen molar-refractivity contribution in [2.24, 2.45) is 5.10 Å². The molecule has 34 heavy (non-hydrogen) atoms. The summed E-state index contributed by atoms with van der Waals surface area (Å²) in [6.07, 6.45) is 4.14. The van der Waals surface area contributed by atoms with Crippen LogP contribution >= 0.6 is 23.4 Å². The van der Waals surface area contributed by atoms with E-state index >= 15 is 0 Å². The third-order valence-electron chi connectivity index (χ3n) is 5.67. The zero-order valence-electron chi connectivity index (χ0n) is 18.4. The highest BCUT2D eigenvalue weighted by Crippen LogP contribution is 2.54. The number of amides is 1. The molecule has 0 aliphatic heterocycles. The summed E-state index contributed by atoms with van der Waals surface area (Å²) in [4.78, 5) is 21.1. The molecule has 1 saturated carbocycles. The summed E-state index contributed by atoms with van der Waals surface area (Å²) in [6, 6.07) is 15.6. The topological polar surface area (TPSA) is 98.0 Å². The van der Waals surface area contributed by atoms with Crippen LogP contribution in [-0.2, 0) is 11.3 Å². The molecule has 2 aromatic carbocycles. The molecule has 172 valence electrons. The van der Waals surface area contributed by atoms with Crippen molar-refractivity contribution in [3.8, 4) is 0 Å². The van der Waals surface area contributed by atoms with Gasteiger partial charge in [-0.15, -0.1) is 10.2 Å². The number of hydrazone groups is 1. The monoisotopic (exact) mass is 491 g/mol. The lowest BCUT2D eigenvalue weighted by molar-refractivity contribution is -0.118. The standard InChI is InChI=1S/C24H22ClN7OS/c1-2-32-23(19-11-18(19)15-7-9-16(25)10-8-15)30-31-24(32)34-14-22(33)29-27-13-17-12-26-20-5-3-4-6-21(20)28-17/h3-10,12-13,18-19H,2,11,14H2,1H3,(H,29,33)/b27-13-/t18-,19-/m0/s1. The molecule has 10 heteroatoms. The Kier molecular flexibility index (Phi) is 6.55. The van der Waals surface area contributed by atoms with E-state index in [1.165, 1.54) is 23.5 Å². The zero-order chi connectivity index (χ0) is 23.5. The number of para-hydroxylation sites is 2. The fourth-order valence-electron chi connectivity index (χ4n) is 3.90. The second-order valence-corrected chi connectivity index (χ2v) is 9.33. The van der Waals surface area contributed by atoms with Crippen molar-refractivity contribution in [2.75, 3.05) is 5.75 Å². The van der Waals surface area contributed by atoms with Gasteiger partial charge in [-0.1, -0.05) is 47.6 Å². The Morgan fingerprint density at radius 1 is 1.18 bits per heavy atom. The lowest BCUT2D eigenvalue weighted by Gasteiger charge is -2.07. The number of hydrogen-bond donors (Lipinski definition) is 1. The Labute approximate surface area is 205 Å². The summed E-state index contributed by atoms with van der Waals surface area (Å²) in [5.74, 6) is 1.69. The minimum atomic E-state index is -0.229.